The van der Waals surface area contributed by atoms with Crippen LogP contribution in [-0.4, -0.2) is 16.5 Å². The summed E-state index contributed by atoms with van der Waals surface area (Å²) in [7, 11) is -2.71. The Morgan fingerprint density at radius 3 is 0.824 bits per heavy atom. The molecule has 0 heterocycles. The van der Waals surface area contributed by atoms with Crippen LogP contribution >= 0.6 is 0 Å². The lowest BCUT2D eigenvalue weighted by atomic mass is 10.5. The first-order valence-corrected chi connectivity index (χ1v) is 12.6. The van der Waals surface area contributed by atoms with E-state index in [4.69, 9.17) is 0 Å². The standard InChI is InChI=1S/C14H35NSi2/c1-11(2)16(9,12(3)4)15-17(10,13(5)6)14(7)8/h11-15H,1-10H3. The molecule has 0 aromatic heterocycles. The summed E-state index contributed by atoms with van der Waals surface area (Å²) in [5.41, 5.74) is 3.25. The Hall–Kier alpha value is 0.394. The number of nitrogens with one attached hydrogen (secondary N) is 1. The minimum absolute atomic E-state index is 0.812. The molecule has 0 saturated heterocycles. The highest BCUT2D eigenvalue weighted by Gasteiger charge is 2.44. The van der Waals surface area contributed by atoms with Crippen molar-refractivity contribution in [3.8, 4) is 0 Å². The van der Waals surface area contributed by atoms with E-state index < -0.39 is 16.5 Å². The third-order valence-corrected chi connectivity index (χ3v) is 19.2. The van der Waals surface area contributed by atoms with E-state index in [9.17, 15) is 0 Å². The highest BCUT2D eigenvalue weighted by molar-refractivity contribution is 6.94. The van der Waals surface area contributed by atoms with Gasteiger partial charge in [-0.15, -0.1) is 0 Å². The van der Waals surface area contributed by atoms with Crippen molar-refractivity contribution in [3.05, 3.63) is 0 Å². The monoisotopic (exact) mass is 273 g/mol. The SMILES string of the molecule is CC(C)[Si](C)(N[Si](C)(C(C)C)C(C)C)C(C)C. The van der Waals surface area contributed by atoms with Crippen molar-refractivity contribution in [2.24, 2.45) is 0 Å². The minimum Gasteiger partial charge on any atom is -0.358 e. The molecule has 0 unspecified atom stereocenters. The van der Waals surface area contributed by atoms with Gasteiger partial charge in [0.05, 0.1) is 0 Å². The largest absolute Gasteiger partial charge is 0.358 e. The Morgan fingerprint density at radius 2 is 0.706 bits per heavy atom. The second-order valence-corrected chi connectivity index (χ2v) is 18.1. The van der Waals surface area contributed by atoms with Crippen LogP contribution in [0, 0.1) is 0 Å². The molecule has 0 fully saturated rings. The predicted molar refractivity (Wildman–Crippen MR) is 86.8 cm³/mol. The summed E-state index contributed by atoms with van der Waals surface area (Å²) in [6.45, 7) is 24.4. The fraction of sp³-hybridized carbons (Fsp3) is 1.00. The summed E-state index contributed by atoms with van der Waals surface area (Å²) in [4.78, 5) is 0. The van der Waals surface area contributed by atoms with Crippen LogP contribution in [0.3, 0.4) is 0 Å². The first kappa shape index (κ1) is 17.4. The molecule has 0 aliphatic carbocycles. The molecule has 0 amide bonds. The molecule has 1 N–H and O–H groups in total. The number of rotatable bonds is 6. The third kappa shape index (κ3) is 3.68. The molecule has 0 aromatic carbocycles. The van der Waals surface area contributed by atoms with Gasteiger partial charge in [0.15, 0.2) is 0 Å². The summed E-state index contributed by atoms with van der Waals surface area (Å²) in [5.74, 6) is 0. The van der Waals surface area contributed by atoms with Gasteiger partial charge in [-0.25, -0.2) is 0 Å². The van der Waals surface area contributed by atoms with Crippen LogP contribution < -0.4 is 4.65 Å². The van der Waals surface area contributed by atoms with Crippen LogP contribution in [0.1, 0.15) is 55.4 Å². The zero-order valence-corrected chi connectivity index (χ0v) is 15.8. The van der Waals surface area contributed by atoms with Crippen molar-refractivity contribution in [2.45, 2.75) is 90.6 Å². The Balaban J connectivity index is 5.22. The molecule has 0 aliphatic rings. The molecular weight excluding hydrogens is 238 g/mol. The topological polar surface area (TPSA) is 12.0 Å². The molecule has 0 aliphatic heterocycles. The van der Waals surface area contributed by atoms with E-state index in [0.717, 1.165) is 22.2 Å². The van der Waals surface area contributed by atoms with Gasteiger partial charge in [-0.1, -0.05) is 68.5 Å². The van der Waals surface area contributed by atoms with Crippen LogP contribution in [0.25, 0.3) is 0 Å². The Kier molecular flexibility index (Phi) is 6.16. The van der Waals surface area contributed by atoms with Gasteiger partial charge in [-0.05, 0) is 22.2 Å². The maximum atomic E-state index is 4.28. The van der Waals surface area contributed by atoms with Gasteiger partial charge >= 0.3 is 0 Å². The van der Waals surface area contributed by atoms with Gasteiger partial charge in [0, 0.05) is 0 Å². The Bertz CT molecular complexity index is 194. The Morgan fingerprint density at radius 1 is 0.529 bits per heavy atom. The minimum atomic E-state index is -1.35. The smallest absolute Gasteiger partial charge is 0.121 e. The van der Waals surface area contributed by atoms with Crippen molar-refractivity contribution < 1.29 is 0 Å². The summed E-state index contributed by atoms with van der Waals surface area (Å²) in [6, 6.07) is 0. The van der Waals surface area contributed by atoms with Gasteiger partial charge in [-0.3, -0.25) is 0 Å². The molecule has 0 rings (SSSR count). The zero-order valence-electron chi connectivity index (χ0n) is 13.8. The average Bonchev–Trinajstić information content (AvgIpc) is 2.15. The normalized spacial score (nSPS) is 14.5. The lowest BCUT2D eigenvalue weighted by Gasteiger charge is -2.48. The quantitative estimate of drug-likeness (QED) is 0.642. The average molecular weight is 274 g/mol. The zero-order chi connectivity index (χ0) is 14.0. The highest BCUT2D eigenvalue weighted by Crippen LogP contribution is 2.37. The molecule has 0 radical (unpaired) electrons. The van der Waals surface area contributed by atoms with Gasteiger partial charge in [0.1, 0.15) is 16.5 Å². The van der Waals surface area contributed by atoms with Crippen LogP contribution in [0.15, 0.2) is 0 Å². The number of hydrogen-bond donors (Lipinski definition) is 1. The predicted octanol–water partition coefficient (Wildman–Crippen LogP) is 5.37. The van der Waals surface area contributed by atoms with Crippen LogP contribution in [0.5, 0.6) is 0 Å². The molecule has 0 atom stereocenters. The third-order valence-electron chi connectivity index (χ3n) is 5.34. The maximum Gasteiger partial charge on any atom is 0.121 e. The molecule has 1 nitrogen and oxygen atoms in total. The van der Waals surface area contributed by atoms with Crippen LogP contribution in [0.4, 0.5) is 0 Å². The van der Waals surface area contributed by atoms with Crippen molar-refractivity contribution in [2.75, 3.05) is 0 Å². The maximum absolute atomic E-state index is 4.28. The van der Waals surface area contributed by atoms with Crippen molar-refractivity contribution in [1.82, 2.24) is 4.65 Å². The summed E-state index contributed by atoms with van der Waals surface area (Å²) in [6.07, 6.45) is 0. The molecular formula is C14H35NSi2. The van der Waals surface area contributed by atoms with Gasteiger partial charge < -0.3 is 4.65 Å². The van der Waals surface area contributed by atoms with E-state index in [-0.39, 0.29) is 0 Å². The highest BCUT2D eigenvalue weighted by atomic mass is 28.4. The second-order valence-electron chi connectivity index (χ2n) is 7.31. The van der Waals surface area contributed by atoms with Crippen molar-refractivity contribution in [1.29, 1.82) is 0 Å². The molecule has 104 valence electrons. The molecule has 3 heteroatoms. The van der Waals surface area contributed by atoms with E-state index >= 15 is 0 Å². The molecule has 0 aromatic rings. The van der Waals surface area contributed by atoms with E-state index in [0.29, 0.717) is 0 Å². The fourth-order valence-electron chi connectivity index (χ4n) is 2.49. The lowest BCUT2D eigenvalue weighted by molar-refractivity contribution is 0.821. The van der Waals surface area contributed by atoms with E-state index in [1.807, 2.05) is 0 Å². The summed E-state index contributed by atoms with van der Waals surface area (Å²) in [5, 5.41) is 0. The van der Waals surface area contributed by atoms with Crippen molar-refractivity contribution >= 4 is 16.5 Å². The molecule has 17 heavy (non-hydrogen) atoms. The molecule has 0 spiro atoms. The fourth-order valence-corrected chi connectivity index (χ4v) is 14.4. The van der Waals surface area contributed by atoms with E-state index in [1.54, 1.807) is 0 Å². The first-order chi connectivity index (χ1) is 7.48. The van der Waals surface area contributed by atoms with Crippen LogP contribution in [-0.2, 0) is 0 Å². The van der Waals surface area contributed by atoms with Gasteiger partial charge in [-0.2, -0.15) is 0 Å². The first-order valence-electron chi connectivity index (χ1n) is 7.27. The molecule has 0 saturated carbocycles. The van der Waals surface area contributed by atoms with Crippen molar-refractivity contribution in [3.63, 3.8) is 0 Å². The Labute approximate surface area is 112 Å². The van der Waals surface area contributed by atoms with Gasteiger partial charge in [0.25, 0.3) is 0 Å². The van der Waals surface area contributed by atoms with Crippen LogP contribution in [0.2, 0.25) is 35.3 Å². The summed E-state index contributed by atoms with van der Waals surface area (Å²) < 4.78 is 4.28. The summed E-state index contributed by atoms with van der Waals surface area (Å²) >= 11 is 0. The lowest BCUT2D eigenvalue weighted by Crippen LogP contribution is -2.67. The molecule has 0 bridgehead atoms. The second kappa shape index (κ2) is 6.02. The van der Waals surface area contributed by atoms with E-state index in [2.05, 4.69) is 73.1 Å². The number of hydrogen-bond acceptors (Lipinski definition) is 1. The van der Waals surface area contributed by atoms with Gasteiger partial charge in [0.2, 0.25) is 0 Å². The van der Waals surface area contributed by atoms with E-state index in [1.165, 1.54) is 0 Å².